The molecule has 0 radical (unpaired) electrons. The Hall–Kier alpha value is -2.84. The van der Waals surface area contributed by atoms with Crippen LogP contribution in [-0.2, 0) is 0 Å². The lowest BCUT2D eigenvalue weighted by atomic mass is 9.73. The molecule has 1 aliphatic carbocycles. The highest BCUT2D eigenvalue weighted by Gasteiger charge is 2.48. The van der Waals surface area contributed by atoms with Gasteiger partial charge in [0.1, 0.15) is 5.82 Å². The maximum atomic E-state index is 11.1. The summed E-state index contributed by atoms with van der Waals surface area (Å²) in [5.41, 5.74) is 1.22. The molecule has 0 bridgehead atoms. The van der Waals surface area contributed by atoms with E-state index in [0.29, 0.717) is 30.8 Å². The largest absolute Gasteiger partial charge is 0.465 e. The maximum absolute atomic E-state index is 11.1. The van der Waals surface area contributed by atoms with Crippen LogP contribution in [0.4, 0.5) is 22.4 Å². The number of likely N-dealkylation sites (tertiary alicyclic amines) is 1. The molecule has 0 aromatic carbocycles. The van der Waals surface area contributed by atoms with Gasteiger partial charge in [0.15, 0.2) is 5.82 Å². The fraction of sp³-hybridized carbons (Fsp3) is 0.556. The number of aromatic amines is 1. The van der Waals surface area contributed by atoms with E-state index in [1.54, 1.807) is 6.20 Å². The van der Waals surface area contributed by atoms with Crippen LogP contribution in [0.15, 0.2) is 18.3 Å². The average Bonchev–Trinajstić information content (AvgIpc) is 3.39. The molecule has 2 saturated heterocycles. The summed E-state index contributed by atoms with van der Waals surface area (Å²) in [5, 5.41) is 19.8. The third-order valence-corrected chi connectivity index (χ3v) is 5.78. The molecule has 9 heteroatoms. The number of amides is 1. The smallest absolute Gasteiger partial charge is 0.407 e. The van der Waals surface area contributed by atoms with Crippen LogP contribution in [-0.4, -0.2) is 62.4 Å². The van der Waals surface area contributed by atoms with Crippen molar-refractivity contribution in [1.82, 2.24) is 25.1 Å². The minimum Gasteiger partial charge on any atom is -0.465 e. The van der Waals surface area contributed by atoms with E-state index >= 15 is 0 Å². The van der Waals surface area contributed by atoms with Crippen LogP contribution in [0.25, 0.3) is 0 Å². The SMILES string of the molecule is O=C(O)N1CC2(CCCN(c3nccc(Nc4cc(C5CC5)[nH]n4)n3)C2)C1. The lowest BCUT2D eigenvalue weighted by Crippen LogP contribution is -2.64. The number of carboxylic acid groups (broad SMARTS) is 1. The lowest BCUT2D eigenvalue weighted by Gasteiger charge is -2.53. The van der Waals surface area contributed by atoms with E-state index in [2.05, 4.69) is 30.4 Å². The number of anilines is 3. The van der Waals surface area contributed by atoms with Crippen molar-refractivity contribution in [2.75, 3.05) is 36.4 Å². The summed E-state index contributed by atoms with van der Waals surface area (Å²) in [6.45, 7) is 2.91. The van der Waals surface area contributed by atoms with Gasteiger partial charge in [-0.05, 0) is 31.7 Å². The number of piperidine rings is 1. The lowest BCUT2D eigenvalue weighted by molar-refractivity contribution is 0.000646. The first kappa shape index (κ1) is 16.3. The van der Waals surface area contributed by atoms with Crippen LogP contribution in [0.5, 0.6) is 0 Å². The van der Waals surface area contributed by atoms with Crippen molar-refractivity contribution in [2.45, 2.75) is 31.6 Å². The highest BCUT2D eigenvalue weighted by Crippen LogP contribution is 2.40. The van der Waals surface area contributed by atoms with E-state index < -0.39 is 6.09 Å². The Labute approximate surface area is 156 Å². The molecule has 2 aromatic heterocycles. The second kappa shape index (κ2) is 6.11. The van der Waals surface area contributed by atoms with Crippen molar-refractivity contribution in [1.29, 1.82) is 0 Å². The predicted octanol–water partition coefficient (Wildman–Crippen LogP) is 2.40. The van der Waals surface area contributed by atoms with Gasteiger partial charge in [0, 0.05) is 55.5 Å². The molecule has 1 spiro atoms. The Morgan fingerprint density at radius 2 is 2.15 bits per heavy atom. The molecule has 27 heavy (non-hydrogen) atoms. The number of carbonyl (C=O) groups is 1. The Morgan fingerprint density at radius 3 is 2.93 bits per heavy atom. The van der Waals surface area contributed by atoms with Crippen LogP contribution in [0.3, 0.4) is 0 Å². The van der Waals surface area contributed by atoms with Crippen LogP contribution in [0, 0.1) is 5.41 Å². The van der Waals surface area contributed by atoms with Crippen molar-refractivity contribution in [3.8, 4) is 0 Å². The fourth-order valence-corrected chi connectivity index (χ4v) is 4.24. The Balaban J connectivity index is 1.27. The molecule has 0 atom stereocenters. The first-order valence-corrected chi connectivity index (χ1v) is 9.48. The zero-order chi connectivity index (χ0) is 18.4. The number of H-pyrrole nitrogens is 1. The summed E-state index contributed by atoms with van der Waals surface area (Å²) in [6.07, 6.45) is 5.47. The van der Waals surface area contributed by atoms with Gasteiger partial charge in [0.05, 0.1) is 0 Å². The Bertz CT molecular complexity index is 857. The minimum absolute atomic E-state index is 0.0464. The molecule has 1 amide bonds. The average molecular weight is 369 g/mol. The van der Waals surface area contributed by atoms with E-state index in [-0.39, 0.29) is 5.41 Å². The number of nitrogens with zero attached hydrogens (tertiary/aromatic N) is 5. The topological polar surface area (TPSA) is 110 Å². The molecule has 0 unspecified atom stereocenters. The molecule has 5 rings (SSSR count). The van der Waals surface area contributed by atoms with E-state index in [0.717, 1.165) is 31.7 Å². The molecule has 4 heterocycles. The molecule has 142 valence electrons. The first-order chi connectivity index (χ1) is 13.1. The van der Waals surface area contributed by atoms with E-state index in [1.807, 2.05) is 12.1 Å². The highest BCUT2D eigenvalue weighted by molar-refractivity contribution is 5.66. The molecular formula is C18H23N7O2. The van der Waals surface area contributed by atoms with Crippen molar-refractivity contribution in [3.63, 3.8) is 0 Å². The van der Waals surface area contributed by atoms with Gasteiger partial charge in [-0.25, -0.2) is 9.78 Å². The van der Waals surface area contributed by atoms with Crippen LogP contribution < -0.4 is 10.2 Å². The van der Waals surface area contributed by atoms with E-state index in [4.69, 9.17) is 5.11 Å². The Kier molecular flexibility index (Phi) is 3.70. The molecule has 2 aliphatic heterocycles. The van der Waals surface area contributed by atoms with Gasteiger partial charge in [0.25, 0.3) is 0 Å². The highest BCUT2D eigenvalue weighted by atomic mass is 16.4. The summed E-state index contributed by atoms with van der Waals surface area (Å²) in [4.78, 5) is 23.9. The van der Waals surface area contributed by atoms with Crippen LogP contribution >= 0.6 is 0 Å². The van der Waals surface area contributed by atoms with Crippen molar-refractivity contribution < 1.29 is 9.90 Å². The summed E-state index contributed by atoms with van der Waals surface area (Å²) >= 11 is 0. The third-order valence-electron chi connectivity index (χ3n) is 5.78. The van der Waals surface area contributed by atoms with E-state index in [9.17, 15) is 4.79 Å². The second-order valence-corrected chi connectivity index (χ2v) is 8.01. The van der Waals surface area contributed by atoms with Gasteiger partial charge >= 0.3 is 6.09 Å². The number of nitrogens with one attached hydrogen (secondary N) is 2. The van der Waals surface area contributed by atoms with Gasteiger partial charge in [-0.1, -0.05) is 0 Å². The predicted molar refractivity (Wildman–Crippen MR) is 99.4 cm³/mol. The van der Waals surface area contributed by atoms with E-state index in [1.165, 1.54) is 23.4 Å². The summed E-state index contributed by atoms with van der Waals surface area (Å²) in [5.74, 6) is 2.80. The summed E-state index contributed by atoms with van der Waals surface area (Å²) in [6, 6.07) is 3.88. The number of hydrogen-bond donors (Lipinski definition) is 3. The molecule has 1 saturated carbocycles. The molecule has 2 aromatic rings. The standard InChI is InChI=1S/C18H23N7O2/c26-17(27)25-10-18(11-25)5-1-7-24(9-18)16-19-6-4-14(21-16)20-15-8-13(22-23-15)12-2-3-12/h4,6,8,12H,1-3,5,7,9-11H2,(H,26,27)(H2,19,20,21,22,23). The molecule has 3 aliphatic rings. The zero-order valence-electron chi connectivity index (χ0n) is 15.1. The quantitative estimate of drug-likeness (QED) is 0.759. The first-order valence-electron chi connectivity index (χ1n) is 9.48. The third kappa shape index (κ3) is 3.17. The monoisotopic (exact) mass is 369 g/mol. The Morgan fingerprint density at radius 1 is 1.30 bits per heavy atom. The second-order valence-electron chi connectivity index (χ2n) is 8.01. The normalized spacial score (nSPS) is 21.2. The summed E-state index contributed by atoms with van der Waals surface area (Å²) < 4.78 is 0. The fourth-order valence-electron chi connectivity index (χ4n) is 4.24. The molecular weight excluding hydrogens is 346 g/mol. The zero-order valence-corrected chi connectivity index (χ0v) is 15.1. The van der Waals surface area contributed by atoms with Crippen molar-refractivity contribution in [3.05, 3.63) is 24.0 Å². The molecule has 9 nitrogen and oxygen atoms in total. The van der Waals surface area contributed by atoms with Gasteiger partial charge < -0.3 is 20.2 Å². The number of aromatic nitrogens is 4. The summed E-state index contributed by atoms with van der Waals surface area (Å²) in [7, 11) is 0. The molecule has 3 N–H and O–H groups in total. The minimum atomic E-state index is -0.829. The number of hydrogen-bond acceptors (Lipinski definition) is 6. The van der Waals surface area contributed by atoms with Gasteiger partial charge in [-0.15, -0.1) is 0 Å². The van der Waals surface area contributed by atoms with Crippen molar-refractivity contribution in [2.24, 2.45) is 5.41 Å². The van der Waals surface area contributed by atoms with Gasteiger partial charge in [0.2, 0.25) is 5.95 Å². The van der Waals surface area contributed by atoms with Crippen LogP contribution in [0.1, 0.15) is 37.3 Å². The van der Waals surface area contributed by atoms with Crippen LogP contribution in [0.2, 0.25) is 0 Å². The van der Waals surface area contributed by atoms with Crippen molar-refractivity contribution >= 4 is 23.7 Å². The number of rotatable bonds is 4. The maximum Gasteiger partial charge on any atom is 0.407 e. The van der Waals surface area contributed by atoms with Gasteiger partial charge in [-0.3, -0.25) is 5.10 Å². The van der Waals surface area contributed by atoms with Gasteiger partial charge in [-0.2, -0.15) is 10.1 Å². The molecule has 3 fully saturated rings.